The summed E-state index contributed by atoms with van der Waals surface area (Å²) in [6.45, 7) is 0. The highest BCUT2D eigenvalue weighted by atomic mass is 14.9. The van der Waals surface area contributed by atoms with Gasteiger partial charge < -0.3 is 0 Å². The molecular formula is C13H7N3. The largest absolute Gasteiger partial charge is 0.237 e. The van der Waals surface area contributed by atoms with E-state index in [1.54, 1.807) is 12.4 Å². The van der Waals surface area contributed by atoms with Gasteiger partial charge in [-0.15, -0.1) is 0 Å². The molecular weight excluding hydrogens is 198 g/mol. The quantitative estimate of drug-likeness (QED) is 0.566. The summed E-state index contributed by atoms with van der Waals surface area (Å²) >= 11 is 0. The van der Waals surface area contributed by atoms with Gasteiger partial charge in [-0.25, -0.2) is 9.97 Å². The highest BCUT2D eigenvalue weighted by molar-refractivity contribution is 5.85. The van der Waals surface area contributed by atoms with Crippen molar-refractivity contribution in [1.82, 2.24) is 9.97 Å². The molecule has 16 heavy (non-hydrogen) atoms. The van der Waals surface area contributed by atoms with Crippen LogP contribution in [0.15, 0.2) is 42.7 Å². The minimum absolute atomic E-state index is 0.579. The van der Waals surface area contributed by atoms with Crippen molar-refractivity contribution in [3.8, 4) is 28.6 Å². The third-order valence-corrected chi connectivity index (χ3v) is 2.61. The van der Waals surface area contributed by atoms with Gasteiger partial charge in [0.1, 0.15) is 6.07 Å². The lowest BCUT2D eigenvalue weighted by Crippen LogP contribution is -1.85. The molecule has 2 aliphatic heterocycles. The van der Waals surface area contributed by atoms with Gasteiger partial charge in [0.25, 0.3) is 0 Å². The average molecular weight is 205 g/mol. The second-order valence-corrected chi connectivity index (χ2v) is 3.51. The predicted octanol–water partition coefficient (Wildman–Crippen LogP) is 2.56. The third-order valence-electron chi connectivity index (χ3n) is 2.61. The van der Waals surface area contributed by atoms with Crippen LogP contribution in [-0.2, 0) is 0 Å². The van der Waals surface area contributed by atoms with Crippen LogP contribution in [0.2, 0.25) is 0 Å². The molecule has 3 aliphatic rings. The zero-order valence-electron chi connectivity index (χ0n) is 8.38. The molecule has 0 bridgehead atoms. The second-order valence-electron chi connectivity index (χ2n) is 3.51. The summed E-state index contributed by atoms with van der Waals surface area (Å²) in [4.78, 5) is 8.37. The number of fused-ring (bicyclic) bond motifs is 3. The number of nitriles is 1. The minimum Gasteiger partial charge on any atom is -0.237 e. The van der Waals surface area contributed by atoms with Gasteiger partial charge in [-0.3, -0.25) is 0 Å². The lowest BCUT2D eigenvalue weighted by Gasteiger charge is -2.01. The molecule has 0 saturated heterocycles. The molecule has 0 radical (unpaired) electrons. The van der Waals surface area contributed by atoms with Crippen molar-refractivity contribution in [3.05, 3.63) is 48.3 Å². The van der Waals surface area contributed by atoms with Gasteiger partial charge >= 0.3 is 0 Å². The number of aromatic nitrogens is 2. The molecule has 3 nitrogen and oxygen atoms in total. The first-order valence-electron chi connectivity index (χ1n) is 4.93. The van der Waals surface area contributed by atoms with E-state index < -0.39 is 0 Å². The van der Waals surface area contributed by atoms with Crippen molar-refractivity contribution in [2.24, 2.45) is 0 Å². The molecule has 0 aromatic carbocycles. The maximum Gasteiger partial charge on any atom is 0.161 e. The topological polar surface area (TPSA) is 49.6 Å². The van der Waals surface area contributed by atoms with Crippen LogP contribution in [0.1, 0.15) is 5.56 Å². The van der Waals surface area contributed by atoms with Crippen LogP contribution in [0.25, 0.3) is 22.5 Å². The second kappa shape index (κ2) is 3.28. The van der Waals surface area contributed by atoms with Crippen LogP contribution in [0.3, 0.4) is 0 Å². The molecule has 0 saturated carbocycles. The first-order valence-corrected chi connectivity index (χ1v) is 4.93. The van der Waals surface area contributed by atoms with Gasteiger partial charge in [-0.1, -0.05) is 24.3 Å². The Morgan fingerprint density at radius 1 is 1.06 bits per heavy atom. The number of hydrogen-bond acceptors (Lipinski definition) is 3. The summed E-state index contributed by atoms with van der Waals surface area (Å²) in [5, 5.41) is 9.05. The van der Waals surface area contributed by atoms with Crippen molar-refractivity contribution in [3.63, 3.8) is 0 Å². The standard InChI is InChI=1S/C13H7N3/c14-7-10-8-16-13-12(10)11-5-1-3-9(11)4-2-6-15-13/h1-6,8H. The van der Waals surface area contributed by atoms with Gasteiger partial charge in [0.15, 0.2) is 5.82 Å². The normalized spacial score (nSPS) is 10.4. The van der Waals surface area contributed by atoms with Crippen molar-refractivity contribution < 1.29 is 0 Å². The molecule has 3 heteroatoms. The molecule has 0 fully saturated rings. The van der Waals surface area contributed by atoms with Gasteiger partial charge in [0.05, 0.1) is 5.56 Å². The number of hydrogen-bond donors (Lipinski definition) is 0. The molecule has 0 aromatic rings. The van der Waals surface area contributed by atoms with Crippen molar-refractivity contribution in [2.75, 3.05) is 0 Å². The average Bonchev–Trinajstić information content (AvgIpc) is 2.86. The Bertz CT molecular complexity index is 639. The fraction of sp³-hybridized carbons (Fsp3) is 0. The monoisotopic (exact) mass is 205 g/mol. The Morgan fingerprint density at radius 3 is 2.81 bits per heavy atom. The van der Waals surface area contributed by atoms with Gasteiger partial charge in [0.2, 0.25) is 0 Å². The van der Waals surface area contributed by atoms with Gasteiger partial charge in [-0.2, -0.15) is 5.26 Å². The summed E-state index contributed by atoms with van der Waals surface area (Å²) in [6.07, 6.45) is 3.27. The minimum atomic E-state index is 0.579. The predicted molar refractivity (Wildman–Crippen MR) is 60.0 cm³/mol. The Labute approximate surface area is 92.7 Å². The lowest BCUT2D eigenvalue weighted by atomic mass is 10.0. The van der Waals surface area contributed by atoms with Gasteiger partial charge in [-0.05, 0) is 17.2 Å². The number of nitrogens with zero attached hydrogens (tertiary/aromatic N) is 3. The lowest BCUT2D eigenvalue weighted by molar-refractivity contribution is 1.24. The Morgan fingerprint density at radius 2 is 1.94 bits per heavy atom. The van der Waals surface area contributed by atoms with Crippen LogP contribution in [0.5, 0.6) is 0 Å². The van der Waals surface area contributed by atoms with Crippen LogP contribution < -0.4 is 0 Å². The molecule has 3 rings (SSSR count). The molecule has 74 valence electrons. The van der Waals surface area contributed by atoms with Crippen LogP contribution in [0.4, 0.5) is 0 Å². The van der Waals surface area contributed by atoms with Gasteiger partial charge in [0, 0.05) is 18.0 Å². The Balaban J connectivity index is 2.45. The van der Waals surface area contributed by atoms with Crippen molar-refractivity contribution >= 4 is 0 Å². The highest BCUT2D eigenvalue weighted by Gasteiger charge is 2.17. The summed E-state index contributed by atoms with van der Waals surface area (Å²) in [5.41, 5.74) is 3.53. The van der Waals surface area contributed by atoms with E-state index in [4.69, 9.17) is 5.26 Å². The highest BCUT2D eigenvalue weighted by Crippen LogP contribution is 2.34. The molecule has 0 spiro atoms. The molecule has 2 heterocycles. The van der Waals surface area contributed by atoms with E-state index in [1.165, 1.54) is 0 Å². The molecule has 0 unspecified atom stereocenters. The van der Waals surface area contributed by atoms with E-state index in [2.05, 4.69) is 16.0 Å². The maximum atomic E-state index is 9.05. The summed E-state index contributed by atoms with van der Waals surface area (Å²) < 4.78 is 0. The first kappa shape index (κ1) is 8.81. The molecule has 0 N–H and O–H groups in total. The Kier molecular flexibility index (Phi) is 1.81. The van der Waals surface area contributed by atoms with E-state index in [9.17, 15) is 0 Å². The van der Waals surface area contributed by atoms with E-state index >= 15 is 0 Å². The fourth-order valence-corrected chi connectivity index (χ4v) is 1.89. The summed E-state index contributed by atoms with van der Waals surface area (Å²) in [7, 11) is 0. The summed E-state index contributed by atoms with van der Waals surface area (Å²) in [5.74, 6) is 0.619. The summed E-state index contributed by atoms with van der Waals surface area (Å²) in [6, 6.07) is 12.0. The smallest absolute Gasteiger partial charge is 0.161 e. The van der Waals surface area contributed by atoms with Crippen LogP contribution in [0, 0.1) is 11.3 Å². The fourth-order valence-electron chi connectivity index (χ4n) is 1.89. The SMILES string of the molecule is N#Cc1cnc2ncccc3cccc-3c1-2. The van der Waals surface area contributed by atoms with Crippen LogP contribution >= 0.6 is 0 Å². The van der Waals surface area contributed by atoms with E-state index in [0.29, 0.717) is 11.4 Å². The van der Waals surface area contributed by atoms with E-state index in [1.807, 2.05) is 30.3 Å². The molecule has 0 amide bonds. The zero-order chi connectivity index (χ0) is 11.0. The molecule has 0 aromatic heterocycles. The van der Waals surface area contributed by atoms with Crippen molar-refractivity contribution in [1.29, 1.82) is 5.26 Å². The molecule has 1 aliphatic carbocycles. The maximum absolute atomic E-state index is 9.05. The zero-order valence-corrected chi connectivity index (χ0v) is 8.38. The van der Waals surface area contributed by atoms with Crippen molar-refractivity contribution in [2.45, 2.75) is 0 Å². The number of rotatable bonds is 0. The third kappa shape index (κ3) is 1.14. The molecule has 0 atom stereocenters. The van der Waals surface area contributed by atoms with E-state index in [-0.39, 0.29) is 0 Å². The Hall–Kier alpha value is -2.47. The van der Waals surface area contributed by atoms with Crippen LogP contribution in [-0.4, -0.2) is 9.97 Å². The first-order chi connectivity index (χ1) is 7.90. The van der Waals surface area contributed by atoms with E-state index in [0.717, 1.165) is 16.7 Å².